The van der Waals surface area contributed by atoms with Gasteiger partial charge in [0.25, 0.3) is 0 Å². The van der Waals surface area contributed by atoms with Gasteiger partial charge in [0, 0.05) is 44.3 Å². The van der Waals surface area contributed by atoms with E-state index < -0.39 is 0 Å². The molecule has 0 N–H and O–H groups in total. The van der Waals surface area contributed by atoms with Crippen molar-refractivity contribution < 1.29 is 0 Å². The highest BCUT2D eigenvalue weighted by Gasteiger charge is 2.27. The van der Waals surface area contributed by atoms with E-state index in [1.165, 1.54) is 120 Å². The van der Waals surface area contributed by atoms with Gasteiger partial charge in [0.15, 0.2) is 0 Å². The molecule has 74 heavy (non-hydrogen) atoms. The maximum absolute atomic E-state index is 2.52. The van der Waals surface area contributed by atoms with Crippen molar-refractivity contribution in [3.05, 3.63) is 265 Å². The summed E-state index contributed by atoms with van der Waals surface area (Å²) >= 11 is 0. The number of benzene rings is 14. The topological polar surface area (TPSA) is 6.48 Å². The van der Waals surface area contributed by atoms with Gasteiger partial charge in [-0.2, -0.15) is 0 Å². The molecule has 0 aliphatic carbocycles. The zero-order chi connectivity index (χ0) is 49.6. The summed E-state index contributed by atoms with van der Waals surface area (Å²) in [5.74, 6) is 0. The molecule has 14 aromatic carbocycles. The first kappa shape index (κ1) is 43.5. The molecule has 0 aliphatic heterocycles. The van der Waals surface area contributed by atoms with Crippen LogP contribution >= 0.6 is 0 Å². The number of aryl methyl sites for hydroxylation is 4. The highest BCUT2D eigenvalue weighted by Crippen LogP contribution is 2.53. The van der Waals surface area contributed by atoms with Crippen LogP contribution in [-0.4, -0.2) is 0 Å². The first-order valence-corrected chi connectivity index (χ1v) is 25.8. The lowest BCUT2D eigenvalue weighted by atomic mass is 9.84. The lowest BCUT2D eigenvalue weighted by molar-refractivity contribution is 1.27. The summed E-state index contributed by atoms with van der Waals surface area (Å²) < 4.78 is 0. The maximum Gasteiger partial charge on any atom is 0.0546 e. The molecule has 0 saturated heterocycles. The molecule has 0 amide bonds. The third-order valence-corrected chi connectivity index (χ3v) is 15.4. The van der Waals surface area contributed by atoms with Crippen molar-refractivity contribution in [2.75, 3.05) is 9.80 Å². The Labute approximate surface area is 432 Å². The first-order valence-electron chi connectivity index (χ1n) is 25.8. The summed E-state index contributed by atoms with van der Waals surface area (Å²) in [7, 11) is 0. The molecule has 14 aromatic rings. The molecule has 2 heteroatoms. The molecule has 0 bridgehead atoms. The lowest BCUT2D eigenvalue weighted by Crippen LogP contribution is -2.13. The lowest BCUT2D eigenvalue weighted by Gasteiger charge is -2.31. The van der Waals surface area contributed by atoms with Crippen molar-refractivity contribution in [1.82, 2.24) is 0 Å². The van der Waals surface area contributed by atoms with E-state index in [9.17, 15) is 0 Å². The average Bonchev–Trinajstić information content (AvgIpc) is 3.42. The molecule has 0 unspecified atom stereocenters. The van der Waals surface area contributed by atoms with Gasteiger partial charge in [-0.1, -0.05) is 170 Å². The van der Waals surface area contributed by atoms with Crippen molar-refractivity contribution in [1.29, 1.82) is 0 Å². The third kappa shape index (κ3) is 7.33. The van der Waals surface area contributed by atoms with Gasteiger partial charge in [-0.05, 0) is 199 Å². The van der Waals surface area contributed by atoms with Gasteiger partial charge in [0.2, 0.25) is 0 Å². The Balaban J connectivity index is 1.16. The highest BCUT2D eigenvalue weighted by atomic mass is 15.2. The number of anilines is 6. The Morgan fingerprint density at radius 3 is 0.905 bits per heavy atom. The zero-order valence-corrected chi connectivity index (χ0v) is 42.0. The van der Waals surface area contributed by atoms with Crippen molar-refractivity contribution in [2.45, 2.75) is 27.7 Å². The SMILES string of the molecule is Cc1cc(C)cc(N(c2ccc3ccccc3c2)c2cc(-c3ccc4ccccc4c3)c3ccc4c(N(c5cc(C)cc(C)c5)c5ccc6ccccc6c5)cc(-c5ccc6ccccc6c5)c5ccc2c3c54)c1. The summed E-state index contributed by atoms with van der Waals surface area (Å²) in [6, 6.07) is 91.3. The predicted molar refractivity (Wildman–Crippen MR) is 319 cm³/mol. The molecule has 0 aromatic heterocycles. The minimum atomic E-state index is 1.11. The van der Waals surface area contributed by atoms with Crippen molar-refractivity contribution in [2.24, 2.45) is 0 Å². The van der Waals surface area contributed by atoms with E-state index in [-0.39, 0.29) is 0 Å². The van der Waals surface area contributed by atoms with Crippen LogP contribution in [0.5, 0.6) is 0 Å². The predicted octanol–water partition coefficient (Wildman–Crippen LogP) is 20.7. The maximum atomic E-state index is 2.52. The minimum absolute atomic E-state index is 1.11. The smallest absolute Gasteiger partial charge is 0.0546 e. The molecule has 0 atom stereocenters. The second-order valence-electron chi connectivity index (χ2n) is 20.5. The number of hydrogen-bond donors (Lipinski definition) is 0. The van der Waals surface area contributed by atoms with Crippen LogP contribution < -0.4 is 9.80 Å². The Morgan fingerprint density at radius 2 is 0.541 bits per heavy atom. The van der Waals surface area contributed by atoms with E-state index in [4.69, 9.17) is 0 Å². The van der Waals surface area contributed by atoms with Crippen molar-refractivity contribution in [3.63, 3.8) is 0 Å². The fourth-order valence-electron chi connectivity index (χ4n) is 12.2. The monoisotopic (exact) mass is 944 g/mol. The quantitative estimate of drug-likeness (QED) is 0.140. The van der Waals surface area contributed by atoms with Crippen LogP contribution in [0.2, 0.25) is 0 Å². The van der Waals surface area contributed by atoms with Gasteiger partial charge < -0.3 is 9.80 Å². The number of fused-ring (bicyclic) bond motifs is 4. The van der Waals surface area contributed by atoms with Crippen molar-refractivity contribution in [3.8, 4) is 22.3 Å². The summed E-state index contributed by atoms with van der Waals surface area (Å²) in [6.07, 6.45) is 0. The normalized spacial score (nSPS) is 11.8. The van der Waals surface area contributed by atoms with E-state index in [2.05, 4.69) is 280 Å². The molecule has 350 valence electrons. The van der Waals surface area contributed by atoms with Gasteiger partial charge in [0.1, 0.15) is 0 Å². The highest BCUT2D eigenvalue weighted by molar-refractivity contribution is 6.32. The summed E-state index contributed by atoms with van der Waals surface area (Å²) in [5.41, 5.74) is 16.4. The van der Waals surface area contributed by atoms with E-state index >= 15 is 0 Å². The first-order chi connectivity index (χ1) is 36.3. The molecular weight excluding hydrogens is 893 g/mol. The van der Waals surface area contributed by atoms with Crippen molar-refractivity contribution >= 4 is 110 Å². The second kappa shape index (κ2) is 17.2. The summed E-state index contributed by atoms with van der Waals surface area (Å²) in [5, 5.41) is 17.1. The van der Waals surface area contributed by atoms with E-state index in [1.807, 2.05) is 0 Å². The zero-order valence-electron chi connectivity index (χ0n) is 42.0. The standard InChI is InChI=1S/C72H52N2/c1-45-33-46(2)36-61(35-45)73(59-27-25-51-15-7-11-19-55(51)41-59)69-43-67(57-23-21-49-13-5-9-17-53(49)39-57)63-30-32-66-70(74(62-37-47(3)34-48(4)38-62)60-28-26-52-16-8-12-20-56(52)42-60)44-68(64-29-31-65(69)71(63)72(64)66)58-24-22-50-14-6-10-18-54(50)40-58/h5-44H,1-4H3. The second-order valence-corrected chi connectivity index (χ2v) is 20.5. The summed E-state index contributed by atoms with van der Waals surface area (Å²) in [4.78, 5) is 5.04. The molecule has 0 aliphatic rings. The Bertz CT molecular complexity index is 4230. The number of hydrogen-bond acceptors (Lipinski definition) is 2. The van der Waals surface area contributed by atoms with Crippen LogP contribution in [0.3, 0.4) is 0 Å². The fraction of sp³-hybridized carbons (Fsp3) is 0.0556. The fourth-order valence-corrected chi connectivity index (χ4v) is 12.2. The van der Waals surface area contributed by atoms with Gasteiger partial charge in [0.05, 0.1) is 11.4 Å². The minimum Gasteiger partial charge on any atom is -0.310 e. The molecule has 2 nitrogen and oxygen atoms in total. The largest absolute Gasteiger partial charge is 0.310 e. The number of rotatable bonds is 8. The van der Waals surface area contributed by atoms with Gasteiger partial charge in [-0.25, -0.2) is 0 Å². The molecule has 0 saturated carbocycles. The van der Waals surface area contributed by atoms with Gasteiger partial charge in [-0.15, -0.1) is 0 Å². The summed E-state index contributed by atoms with van der Waals surface area (Å²) in [6.45, 7) is 8.86. The van der Waals surface area contributed by atoms with Crippen LogP contribution in [-0.2, 0) is 0 Å². The van der Waals surface area contributed by atoms with Crippen LogP contribution in [0.25, 0.3) is 97.7 Å². The molecule has 0 radical (unpaired) electrons. The van der Waals surface area contributed by atoms with Crippen LogP contribution in [0, 0.1) is 27.7 Å². The molecule has 0 spiro atoms. The van der Waals surface area contributed by atoms with Gasteiger partial charge in [-0.3, -0.25) is 0 Å². The van der Waals surface area contributed by atoms with Crippen LogP contribution in [0.15, 0.2) is 243 Å². The Morgan fingerprint density at radius 1 is 0.230 bits per heavy atom. The average molecular weight is 945 g/mol. The van der Waals surface area contributed by atoms with E-state index in [1.54, 1.807) is 0 Å². The number of nitrogens with zero attached hydrogens (tertiary/aromatic N) is 2. The molecule has 0 heterocycles. The third-order valence-electron chi connectivity index (χ3n) is 15.4. The Kier molecular flexibility index (Phi) is 10.1. The molecular formula is C72H52N2. The van der Waals surface area contributed by atoms with E-state index in [0.717, 1.165) is 34.1 Å². The van der Waals surface area contributed by atoms with Crippen LogP contribution in [0.1, 0.15) is 22.3 Å². The van der Waals surface area contributed by atoms with E-state index in [0.29, 0.717) is 0 Å². The molecule has 14 rings (SSSR count). The Hall–Kier alpha value is -9.24. The molecule has 0 fully saturated rings. The van der Waals surface area contributed by atoms with Gasteiger partial charge >= 0.3 is 0 Å². The van der Waals surface area contributed by atoms with Crippen LogP contribution in [0.4, 0.5) is 34.1 Å².